The number of carbonyl (C=O) groups excluding carboxylic acids is 1. The normalized spacial score (nSPS) is 40.1. The zero-order valence-corrected chi connectivity index (χ0v) is 23.5. The van der Waals surface area contributed by atoms with E-state index < -0.39 is 0 Å². The maximum absolute atomic E-state index is 12.1. The Morgan fingerprint density at radius 2 is 1.91 bits per heavy atom. The van der Waals surface area contributed by atoms with Crippen LogP contribution in [0.1, 0.15) is 105 Å². The van der Waals surface area contributed by atoms with Gasteiger partial charge < -0.3 is 10.1 Å². The highest BCUT2D eigenvalue weighted by molar-refractivity contribution is 7.80. The summed E-state index contributed by atoms with van der Waals surface area (Å²) in [4.78, 5) is 12.1. The van der Waals surface area contributed by atoms with Crippen molar-refractivity contribution < 1.29 is 9.53 Å². The summed E-state index contributed by atoms with van der Waals surface area (Å²) in [5, 5.41) is 2.81. The van der Waals surface area contributed by atoms with E-state index in [1.54, 1.807) is 5.57 Å². The van der Waals surface area contributed by atoms with E-state index in [2.05, 4.69) is 58.6 Å². The maximum Gasteiger partial charge on any atom is 0.407 e. The van der Waals surface area contributed by atoms with Gasteiger partial charge >= 0.3 is 6.09 Å². The van der Waals surface area contributed by atoms with E-state index in [1.807, 2.05) is 0 Å². The Hall–Kier alpha value is -0.640. The van der Waals surface area contributed by atoms with Gasteiger partial charge in [0.1, 0.15) is 6.10 Å². The first-order valence-electron chi connectivity index (χ1n) is 14.4. The fraction of sp³-hybridized carbons (Fsp3) is 0.900. The summed E-state index contributed by atoms with van der Waals surface area (Å²) in [6, 6.07) is 0. The van der Waals surface area contributed by atoms with Gasteiger partial charge in [-0.05, 0) is 91.3 Å². The average Bonchev–Trinajstić information content (AvgIpc) is 3.15. The van der Waals surface area contributed by atoms with Gasteiger partial charge in [0.05, 0.1) is 0 Å². The molecule has 4 heteroatoms. The Bertz CT molecular complexity index is 750. The summed E-state index contributed by atoms with van der Waals surface area (Å²) < 4.78 is 5.77. The van der Waals surface area contributed by atoms with Crippen LogP contribution in [0.4, 0.5) is 4.79 Å². The zero-order chi connectivity index (χ0) is 24.5. The second-order valence-electron chi connectivity index (χ2n) is 13.2. The fourth-order valence-corrected chi connectivity index (χ4v) is 9.22. The first-order chi connectivity index (χ1) is 16.2. The number of ether oxygens (including phenoxy) is 1. The van der Waals surface area contributed by atoms with Crippen molar-refractivity contribution in [1.29, 1.82) is 0 Å². The number of allylic oxidation sites excluding steroid dienone is 1. The number of hydrogen-bond donors (Lipinski definition) is 2. The van der Waals surface area contributed by atoms with Gasteiger partial charge in [0.2, 0.25) is 0 Å². The highest BCUT2D eigenvalue weighted by Gasteiger charge is 2.59. The zero-order valence-electron chi connectivity index (χ0n) is 22.6. The van der Waals surface area contributed by atoms with E-state index in [9.17, 15) is 4.79 Å². The molecule has 3 saturated carbocycles. The number of nitrogens with one attached hydrogen (secondary N) is 1. The molecule has 194 valence electrons. The van der Waals surface area contributed by atoms with Gasteiger partial charge in [-0.1, -0.05) is 65.5 Å². The van der Waals surface area contributed by atoms with Crippen molar-refractivity contribution in [3.05, 3.63) is 11.6 Å². The van der Waals surface area contributed by atoms with Gasteiger partial charge in [-0.25, -0.2) is 4.79 Å². The number of alkyl carbamates (subject to hydrolysis) is 1. The predicted molar refractivity (Wildman–Crippen MR) is 145 cm³/mol. The second-order valence-corrected chi connectivity index (χ2v) is 13.7. The van der Waals surface area contributed by atoms with Crippen molar-refractivity contribution in [3.63, 3.8) is 0 Å². The van der Waals surface area contributed by atoms with Gasteiger partial charge in [0, 0.05) is 18.7 Å². The largest absolute Gasteiger partial charge is 0.446 e. The van der Waals surface area contributed by atoms with Crippen molar-refractivity contribution in [2.24, 2.45) is 46.3 Å². The van der Waals surface area contributed by atoms with Gasteiger partial charge in [0.25, 0.3) is 0 Å². The topological polar surface area (TPSA) is 38.3 Å². The Kier molecular flexibility index (Phi) is 8.37. The number of rotatable bonds is 8. The number of thiol groups is 1. The third-order valence-electron chi connectivity index (χ3n) is 10.9. The van der Waals surface area contributed by atoms with Crippen LogP contribution in [-0.4, -0.2) is 24.5 Å². The van der Waals surface area contributed by atoms with Crippen LogP contribution >= 0.6 is 12.6 Å². The highest BCUT2D eigenvalue weighted by Crippen LogP contribution is 2.67. The molecule has 0 aromatic carbocycles. The molecule has 0 aromatic heterocycles. The standard InChI is InChI=1S/C30H51NO2S/c1-20(2)7-6-8-21(3)25-11-12-26-24-10-9-22-19-23(33-28(32)31-17-18-34)13-15-29(22,4)27(24)14-16-30(25,26)5/h9,20-21,23-27,34H,6-8,10-19H2,1-5H3,(H,31,32)/t21-,23?,24?,25-,26+,27+,29+,30-/m1/s1. The molecule has 4 aliphatic carbocycles. The van der Waals surface area contributed by atoms with E-state index >= 15 is 0 Å². The third-order valence-corrected chi connectivity index (χ3v) is 11.1. The molecule has 4 rings (SSSR count). The van der Waals surface area contributed by atoms with Crippen molar-refractivity contribution in [1.82, 2.24) is 5.32 Å². The van der Waals surface area contributed by atoms with E-state index in [4.69, 9.17) is 4.74 Å². The predicted octanol–water partition coefficient (Wildman–Crippen LogP) is 8.05. The second kappa shape index (κ2) is 10.8. The first kappa shape index (κ1) is 26.4. The summed E-state index contributed by atoms with van der Waals surface area (Å²) in [6.07, 6.45) is 16.7. The monoisotopic (exact) mass is 489 g/mol. The molecular formula is C30H51NO2S. The molecule has 0 aliphatic heterocycles. The van der Waals surface area contributed by atoms with Crippen LogP contribution in [0.15, 0.2) is 11.6 Å². The molecule has 0 saturated heterocycles. The summed E-state index contributed by atoms with van der Waals surface area (Å²) >= 11 is 4.17. The summed E-state index contributed by atoms with van der Waals surface area (Å²) in [5.74, 6) is 5.85. The summed E-state index contributed by atoms with van der Waals surface area (Å²) in [6.45, 7) is 13.1. The Morgan fingerprint density at radius 3 is 2.65 bits per heavy atom. The Balaban J connectivity index is 1.41. The first-order valence-corrected chi connectivity index (χ1v) is 15.1. The smallest absolute Gasteiger partial charge is 0.407 e. The molecule has 1 amide bonds. The molecule has 4 aliphatic rings. The molecule has 2 unspecified atom stereocenters. The third kappa shape index (κ3) is 5.09. The van der Waals surface area contributed by atoms with Gasteiger partial charge in [0.15, 0.2) is 0 Å². The van der Waals surface area contributed by atoms with E-state index in [0.29, 0.717) is 23.1 Å². The van der Waals surface area contributed by atoms with Crippen molar-refractivity contribution in [2.75, 3.05) is 12.3 Å². The van der Waals surface area contributed by atoms with Crippen LogP contribution in [0.25, 0.3) is 0 Å². The summed E-state index contributed by atoms with van der Waals surface area (Å²) in [5.41, 5.74) is 2.45. The molecule has 0 heterocycles. The molecule has 3 fully saturated rings. The maximum atomic E-state index is 12.1. The molecule has 1 N–H and O–H groups in total. The molecule has 8 atom stereocenters. The lowest BCUT2D eigenvalue weighted by Gasteiger charge is -2.58. The average molecular weight is 490 g/mol. The van der Waals surface area contributed by atoms with Crippen molar-refractivity contribution >= 4 is 18.7 Å². The van der Waals surface area contributed by atoms with Crippen LogP contribution in [0.2, 0.25) is 0 Å². The lowest BCUT2D eigenvalue weighted by molar-refractivity contribution is -0.0581. The molecular weight excluding hydrogens is 438 g/mol. The van der Waals surface area contributed by atoms with Crippen LogP contribution < -0.4 is 5.32 Å². The van der Waals surface area contributed by atoms with E-state index in [1.165, 1.54) is 57.8 Å². The Labute approximate surface area is 215 Å². The molecule has 34 heavy (non-hydrogen) atoms. The molecule has 0 radical (unpaired) electrons. The van der Waals surface area contributed by atoms with Crippen LogP contribution in [0.3, 0.4) is 0 Å². The van der Waals surface area contributed by atoms with E-state index in [-0.39, 0.29) is 12.2 Å². The quantitative estimate of drug-likeness (QED) is 0.267. The van der Waals surface area contributed by atoms with Gasteiger partial charge in [-0.3, -0.25) is 0 Å². The van der Waals surface area contributed by atoms with Crippen molar-refractivity contribution in [3.8, 4) is 0 Å². The van der Waals surface area contributed by atoms with Gasteiger partial charge in [-0.2, -0.15) is 12.6 Å². The summed E-state index contributed by atoms with van der Waals surface area (Å²) in [7, 11) is 0. The minimum atomic E-state index is -0.273. The van der Waals surface area contributed by atoms with Crippen molar-refractivity contribution in [2.45, 2.75) is 111 Å². The minimum Gasteiger partial charge on any atom is -0.446 e. The lowest BCUT2D eigenvalue weighted by Crippen LogP contribution is -2.51. The number of hydrogen-bond acceptors (Lipinski definition) is 3. The fourth-order valence-electron chi connectivity index (χ4n) is 9.10. The van der Waals surface area contributed by atoms with Crippen LogP contribution in [-0.2, 0) is 4.74 Å². The highest BCUT2D eigenvalue weighted by atomic mass is 32.1. The Morgan fingerprint density at radius 1 is 1.12 bits per heavy atom. The number of fused-ring (bicyclic) bond motifs is 5. The minimum absolute atomic E-state index is 0.0344. The molecule has 0 aromatic rings. The molecule has 0 spiro atoms. The van der Waals surface area contributed by atoms with Crippen LogP contribution in [0.5, 0.6) is 0 Å². The molecule has 3 nitrogen and oxygen atoms in total. The van der Waals surface area contributed by atoms with Crippen LogP contribution in [0, 0.1) is 46.3 Å². The number of carbonyl (C=O) groups is 1. The number of amides is 1. The van der Waals surface area contributed by atoms with E-state index in [0.717, 1.165) is 48.3 Å². The molecule has 0 bridgehead atoms. The lowest BCUT2D eigenvalue weighted by atomic mass is 9.47. The SMILES string of the molecule is CC(C)CCC[C@@H](C)[C@H]1CC[C@H]2C3CC=C4CC(OC(=O)NCCS)CC[C@]4(C)[C@H]3CC[C@]12C. The van der Waals surface area contributed by atoms with Gasteiger partial charge in [-0.15, -0.1) is 0 Å².